The van der Waals surface area contributed by atoms with E-state index in [-0.39, 0.29) is 12.5 Å². The average molecular weight is 198 g/mol. The second-order valence-electron chi connectivity index (χ2n) is 3.53. The van der Waals surface area contributed by atoms with Crippen molar-refractivity contribution in [3.8, 4) is 0 Å². The van der Waals surface area contributed by atoms with Crippen molar-refractivity contribution >= 4 is 0 Å². The average Bonchev–Trinajstić information content (AvgIpc) is 1.96. The van der Waals surface area contributed by atoms with Gasteiger partial charge in [-0.1, -0.05) is 20.3 Å². The largest absolute Gasteiger partial charge is 0.396 e. The maximum absolute atomic E-state index is 12.0. The highest BCUT2D eigenvalue weighted by molar-refractivity contribution is 4.68. The van der Waals surface area contributed by atoms with Crippen LogP contribution in [0, 0.1) is 11.8 Å². The van der Waals surface area contributed by atoms with E-state index in [0.29, 0.717) is 6.42 Å². The van der Waals surface area contributed by atoms with Gasteiger partial charge in [0.1, 0.15) is 0 Å². The topological polar surface area (TPSA) is 20.2 Å². The maximum atomic E-state index is 12.0. The van der Waals surface area contributed by atoms with Crippen molar-refractivity contribution in [2.75, 3.05) is 6.61 Å². The molecule has 0 aromatic rings. The van der Waals surface area contributed by atoms with E-state index in [1.165, 1.54) is 0 Å². The van der Waals surface area contributed by atoms with Crippen LogP contribution in [0.1, 0.15) is 33.1 Å². The molecule has 0 aromatic heterocycles. The van der Waals surface area contributed by atoms with Crippen molar-refractivity contribution < 1.29 is 18.3 Å². The molecule has 4 heteroatoms. The summed E-state index contributed by atoms with van der Waals surface area (Å²) in [5.41, 5.74) is 0. The molecule has 1 nitrogen and oxygen atoms in total. The van der Waals surface area contributed by atoms with Crippen LogP contribution in [0.2, 0.25) is 0 Å². The van der Waals surface area contributed by atoms with Gasteiger partial charge in [0, 0.05) is 13.0 Å². The summed E-state index contributed by atoms with van der Waals surface area (Å²) in [6.07, 6.45) is -3.43. The molecule has 1 unspecified atom stereocenters. The lowest BCUT2D eigenvalue weighted by atomic mass is 9.88. The summed E-state index contributed by atoms with van der Waals surface area (Å²) in [6, 6.07) is 0. The summed E-state index contributed by atoms with van der Waals surface area (Å²) >= 11 is 0. The second kappa shape index (κ2) is 5.47. The highest BCUT2D eigenvalue weighted by atomic mass is 19.4. The molecule has 0 aliphatic carbocycles. The summed E-state index contributed by atoms with van der Waals surface area (Å²) in [6.45, 7) is 3.30. The van der Waals surface area contributed by atoms with Gasteiger partial charge in [-0.3, -0.25) is 0 Å². The van der Waals surface area contributed by atoms with Gasteiger partial charge in [-0.15, -0.1) is 0 Å². The van der Waals surface area contributed by atoms with E-state index in [0.717, 1.165) is 6.42 Å². The fourth-order valence-corrected chi connectivity index (χ4v) is 1.46. The quantitative estimate of drug-likeness (QED) is 0.720. The highest BCUT2D eigenvalue weighted by Crippen LogP contribution is 2.30. The third-order valence-corrected chi connectivity index (χ3v) is 2.25. The Hall–Kier alpha value is -0.250. The number of hydrogen-bond donors (Lipinski definition) is 1. The SMILES string of the molecule is CCCC(CO)[C@@H](C)CC(F)(F)F. The number of alkyl halides is 3. The van der Waals surface area contributed by atoms with Crippen LogP contribution in [0.3, 0.4) is 0 Å². The van der Waals surface area contributed by atoms with E-state index >= 15 is 0 Å². The van der Waals surface area contributed by atoms with Gasteiger partial charge in [-0.25, -0.2) is 0 Å². The first kappa shape index (κ1) is 12.8. The van der Waals surface area contributed by atoms with Crippen molar-refractivity contribution in [1.82, 2.24) is 0 Å². The zero-order valence-corrected chi connectivity index (χ0v) is 8.06. The first-order chi connectivity index (χ1) is 5.90. The number of hydrogen-bond acceptors (Lipinski definition) is 1. The predicted molar refractivity (Wildman–Crippen MR) is 45.3 cm³/mol. The monoisotopic (exact) mass is 198 g/mol. The number of halogens is 3. The molecule has 0 amide bonds. The van der Waals surface area contributed by atoms with E-state index in [1.54, 1.807) is 6.92 Å². The zero-order chi connectivity index (χ0) is 10.5. The maximum Gasteiger partial charge on any atom is 0.389 e. The van der Waals surface area contributed by atoms with Crippen LogP contribution in [0.5, 0.6) is 0 Å². The van der Waals surface area contributed by atoms with Gasteiger partial charge in [-0.2, -0.15) is 13.2 Å². The lowest BCUT2D eigenvalue weighted by Gasteiger charge is -2.22. The lowest BCUT2D eigenvalue weighted by Crippen LogP contribution is -2.22. The Morgan fingerprint density at radius 2 is 1.85 bits per heavy atom. The molecular weight excluding hydrogens is 181 g/mol. The van der Waals surface area contributed by atoms with Crippen molar-refractivity contribution in [2.45, 2.75) is 39.3 Å². The molecule has 0 aromatic carbocycles. The van der Waals surface area contributed by atoms with E-state index in [1.807, 2.05) is 6.92 Å². The highest BCUT2D eigenvalue weighted by Gasteiger charge is 2.32. The van der Waals surface area contributed by atoms with Gasteiger partial charge in [0.15, 0.2) is 0 Å². The van der Waals surface area contributed by atoms with Crippen LogP contribution in [-0.2, 0) is 0 Å². The summed E-state index contributed by atoms with van der Waals surface area (Å²) in [5, 5.41) is 8.86. The smallest absolute Gasteiger partial charge is 0.389 e. The van der Waals surface area contributed by atoms with E-state index in [9.17, 15) is 13.2 Å². The summed E-state index contributed by atoms with van der Waals surface area (Å²) < 4.78 is 35.9. The molecule has 0 rings (SSSR count). The Morgan fingerprint density at radius 3 is 2.15 bits per heavy atom. The van der Waals surface area contributed by atoms with Gasteiger partial charge >= 0.3 is 6.18 Å². The molecule has 80 valence electrons. The molecule has 0 spiro atoms. The molecule has 0 aliphatic rings. The molecule has 1 N–H and O–H groups in total. The van der Waals surface area contributed by atoms with Gasteiger partial charge in [-0.05, 0) is 18.3 Å². The van der Waals surface area contributed by atoms with Crippen LogP contribution in [0.15, 0.2) is 0 Å². The Balaban J connectivity index is 3.97. The van der Waals surface area contributed by atoms with E-state index in [4.69, 9.17) is 5.11 Å². The minimum absolute atomic E-state index is 0.148. The standard InChI is InChI=1S/C9H17F3O/c1-3-4-8(6-13)7(2)5-9(10,11)12/h7-8,13H,3-6H2,1-2H3/t7-,8?/m0/s1. The number of aliphatic hydroxyl groups is 1. The van der Waals surface area contributed by atoms with E-state index < -0.39 is 18.5 Å². The summed E-state index contributed by atoms with van der Waals surface area (Å²) in [4.78, 5) is 0. The molecule has 0 fully saturated rings. The second-order valence-corrected chi connectivity index (χ2v) is 3.53. The molecule has 0 radical (unpaired) electrons. The summed E-state index contributed by atoms with van der Waals surface area (Å²) in [7, 11) is 0. The fourth-order valence-electron chi connectivity index (χ4n) is 1.46. The predicted octanol–water partition coefficient (Wildman–Crippen LogP) is 2.98. The fraction of sp³-hybridized carbons (Fsp3) is 1.00. The molecule has 0 saturated carbocycles. The number of rotatable bonds is 5. The van der Waals surface area contributed by atoms with Crippen LogP contribution >= 0.6 is 0 Å². The van der Waals surface area contributed by atoms with E-state index in [2.05, 4.69) is 0 Å². The Morgan fingerprint density at radius 1 is 1.31 bits per heavy atom. The van der Waals surface area contributed by atoms with Crippen LogP contribution < -0.4 is 0 Å². The van der Waals surface area contributed by atoms with Gasteiger partial charge < -0.3 is 5.11 Å². The normalized spacial score (nSPS) is 17.1. The van der Waals surface area contributed by atoms with Crippen molar-refractivity contribution in [2.24, 2.45) is 11.8 Å². The molecule has 0 saturated heterocycles. The van der Waals surface area contributed by atoms with Crippen molar-refractivity contribution in [1.29, 1.82) is 0 Å². The Bertz CT molecular complexity index is 133. The zero-order valence-electron chi connectivity index (χ0n) is 8.06. The van der Waals surface area contributed by atoms with Gasteiger partial charge in [0.2, 0.25) is 0 Å². The molecule has 0 heterocycles. The van der Waals surface area contributed by atoms with Gasteiger partial charge in [0.05, 0.1) is 0 Å². The molecular formula is C9H17F3O. The van der Waals surface area contributed by atoms with Crippen molar-refractivity contribution in [3.05, 3.63) is 0 Å². The molecule has 2 atom stereocenters. The van der Waals surface area contributed by atoms with Crippen molar-refractivity contribution in [3.63, 3.8) is 0 Å². The van der Waals surface area contributed by atoms with Crippen LogP contribution in [0.4, 0.5) is 13.2 Å². The molecule has 13 heavy (non-hydrogen) atoms. The first-order valence-electron chi connectivity index (χ1n) is 4.58. The number of aliphatic hydroxyl groups excluding tert-OH is 1. The lowest BCUT2D eigenvalue weighted by molar-refractivity contribution is -0.148. The third kappa shape index (κ3) is 5.91. The Kier molecular flexibility index (Phi) is 5.37. The first-order valence-corrected chi connectivity index (χ1v) is 4.58. The minimum atomic E-state index is -4.11. The van der Waals surface area contributed by atoms with Crippen LogP contribution in [0.25, 0.3) is 0 Å². The summed E-state index contributed by atoms with van der Waals surface area (Å²) in [5.74, 6) is -0.698. The third-order valence-electron chi connectivity index (χ3n) is 2.25. The Labute approximate surface area is 76.9 Å². The van der Waals surface area contributed by atoms with Crippen LogP contribution in [-0.4, -0.2) is 17.9 Å². The van der Waals surface area contributed by atoms with Gasteiger partial charge in [0.25, 0.3) is 0 Å². The molecule has 0 aliphatic heterocycles. The molecule has 0 bridgehead atoms. The minimum Gasteiger partial charge on any atom is -0.396 e.